The van der Waals surface area contributed by atoms with E-state index in [2.05, 4.69) is 48.1 Å². The zero-order chi connectivity index (χ0) is 17.4. The number of esters is 1. The maximum absolute atomic E-state index is 11.9. The van der Waals surface area contributed by atoms with Crippen LogP contribution in [0.3, 0.4) is 0 Å². The number of rotatable bonds is 4. The second-order valence-electron chi connectivity index (χ2n) is 7.35. The molecule has 4 rings (SSSR count). The van der Waals surface area contributed by atoms with Gasteiger partial charge in [0.25, 0.3) is 0 Å². The van der Waals surface area contributed by atoms with Crippen LogP contribution in [0, 0.1) is 6.92 Å². The highest BCUT2D eigenvalue weighted by Gasteiger charge is 2.43. The van der Waals surface area contributed by atoms with Gasteiger partial charge >= 0.3 is 5.97 Å². The summed E-state index contributed by atoms with van der Waals surface area (Å²) in [5.74, 6) is -0.189. The SMILES string of the molecule is Cc1c(CCNC2=CC(=O)OC23CCCCC3)c2ccccc2n1C. The molecule has 1 aromatic heterocycles. The Bertz CT molecular complexity index is 841. The fraction of sp³-hybridized carbons (Fsp3) is 0.476. The van der Waals surface area contributed by atoms with Gasteiger partial charge in [-0.3, -0.25) is 0 Å². The molecular weight excluding hydrogens is 312 g/mol. The lowest BCUT2D eigenvalue weighted by atomic mass is 9.83. The number of nitrogens with zero attached hydrogens (tertiary/aromatic N) is 1. The van der Waals surface area contributed by atoms with E-state index in [1.165, 1.54) is 28.6 Å². The number of carbonyl (C=O) groups is 1. The lowest BCUT2D eigenvalue weighted by molar-refractivity contribution is -0.148. The van der Waals surface area contributed by atoms with Crippen LogP contribution < -0.4 is 5.32 Å². The highest BCUT2D eigenvalue weighted by Crippen LogP contribution is 2.40. The Hall–Kier alpha value is -2.23. The van der Waals surface area contributed by atoms with Gasteiger partial charge in [-0.05, 0) is 50.7 Å². The Morgan fingerprint density at radius 2 is 1.96 bits per heavy atom. The zero-order valence-corrected chi connectivity index (χ0v) is 15.1. The van der Waals surface area contributed by atoms with Gasteiger partial charge in [-0.2, -0.15) is 0 Å². The molecule has 0 unspecified atom stereocenters. The number of ether oxygens (including phenoxy) is 1. The summed E-state index contributed by atoms with van der Waals surface area (Å²) in [5, 5.41) is 4.85. The maximum atomic E-state index is 11.9. The van der Waals surface area contributed by atoms with Gasteiger partial charge in [0.05, 0.1) is 5.70 Å². The second kappa shape index (κ2) is 6.25. The van der Waals surface area contributed by atoms with Gasteiger partial charge in [0.2, 0.25) is 0 Å². The van der Waals surface area contributed by atoms with Gasteiger partial charge in [0, 0.05) is 36.3 Å². The van der Waals surface area contributed by atoms with Crippen LogP contribution in [0.5, 0.6) is 0 Å². The molecule has 132 valence electrons. The van der Waals surface area contributed by atoms with Crippen molar-refractivity contribution in [2.24, 2.45) is 7.05 Å². The topological polar surface area (TPSA) is 43.3 Å². The summed E-state index contributed by atoms with van der Waals surface area (Å²) in [6.07, 6.45) is 8.01. The summed E-state index contributed by atoms with van der Waals surface area (Å²) in [5.41, 5.74) is 4.59. The molecule has 0 bridgehead atoms. The van der Waals surface area contributed by atoms with Crippen molar-refractivity contribution in [3.63, 3.8) is 0 Å². The Kier molecular flexibility index (Phi) is 4.06. The molecule has 2 aromatic rings. The molecule has 1 spiro atoms. The number of para-hydroxylation sites is 1. The minimum absolute atomic E-state index is 0.189. The van der Waals surface area contributed by atoms with E-state index in [1.54, 1.807) is 6.08 Å². The molecule has 1 aromatic carbocycles. The standard InChI is InChI=1S/C21H26N2O2/c1-15-16(17-8-4-5-9-18(17)23(15)2)10-13-22-19-14-20(24)25-21(19)11-6-3-7-12-21/h4-5,8-9,14,22H,3,6-7,10-13H2,1-2H3. The van der Waals surface area contributed by atoms with Crippen molar-refractivity contribution < 1.29 is 9.53 Å². The predicted molar refractivity (Wildman–Crippen MR) is 99.4 cm³/mol. The number of hydrogen-bond donors (Lipinski definition) is 1. The monoisotopic (exact) mass is 338 g/mol. The smallest absolute Gasteiger partial charge is 0.333 e. The molecule has 1 aliphatic carbocycles. The van der Waals surface area contributed by atoms with E-state index in [1.807, 2.05) is 0 Å². The van der Waals surface area contributed by atoms with Crippen LogP contribution in [-0.2, 0) is 23.0 Å². The molecule has 0 saturated heterocycles. The van der Waals surface area contributed by atoms with Crippen molar-refractivity contribution in [2.45, 2.75) is 51.0 Å². The molecule has 2 heterocycles. The van der Waals surface area contributed by atoms with Crippen LogP contribution in [0.4, 0.5) is 0 Å². The highest BCUT2D eigenvalue weighted by molar-refractivity contribution is 5.87. The van der Waals surface area contributed by atoms with Crippen molar-refractivity contribution in [3.8, 4) is 0 Å². The molecule has 1 saturated carbocycles. The molecule has 0 radical (unpaired) electrons. The number of hydrogen-bond acceptors (Lipinski definition) is 3. The van der Waals surface area contributed by atoms with E-state index >= 15 is 0 Å². The van der Waals surface area contributed by atoms with Crippen LogP contribution >= 0.6 is 0 Å². The second-order valence-corrected chi connectivity index (χ2v) is 7.35. The lowest BCUT2D eigenvalue weighted by Gasteiger charge is -2.34. The summed E-state index contributed by atoms with van der Waals surface area (Å²) < 4.78 is 7.96. The van der Waals surface area contributed by atoms with Gasteiger partial charge in [0.15, 0.2) is 5.60 Å². The molecule has 0 amide bonds. The van der Waals surface area contributed by atoms with Crippen LogP contribution in [-0.4, -0.2) is 22.7 Å². The Morgan fingerprint density at radius 1 is 1.20 bits per heavy atom. The minimum Gasteiger partial charge on any atom is -0.449 e. The van der Waals surface area contributed by atoms with Gasteiger partial charge in [-0.15, -0.1) is 0 Å². The first-order valence-electron chi connectivity index (χ1n) is 9.33. The minimum atomic E-state index is -0.372. The molecule has 1 N–H and O–H groups in total. The summed E-state index contributed by atoms with van der Waals surface area (Å²) in [6, 6.07) is 8.55. The molecule has 1 fully saturated rings. The summed E-state index contributed by atoms with van der Waals surface area (Å²) in [7, 11) is 2.12. The average molecular weight is 338 g/mol. The third-order valence-electron chi connectivity index (χ3n) is 5.93. The highest BCUT2D eigenvalue weighted by atomic mass is 16.6. The van der Waals surface area contributed by atoms with E-state index in [0.717, 1.165) is 44.3 Å². The normalized spacial score (nSPS) is 19.3. The van der Waals surface area contributed by atoms with Gasteiger partial charge in [0.1, 0.15) is 0 Å². The van der Waals surface area contributed by atoms with Crippen LogP contribution in [0.1, 0.15) is 43.4 Å². The predicted octanol–water partition coefficient (Wildman–Crippen LogP) is 3.76. The molecule has 4 nitrogen and oxygen atoms in total. The van der Waals surface area contributed by atoms with Crippen molar-refractivity contribution >= 4 is 16.9 Å². The maximum Gasteiger partial charge on any atom is 0.333 e. The van der Waals surface area contributed by atoms with Crippen molar-refractivity contribution in [1.82, 2.24) is 9.88 Å². The quantitative estimate of drug-likeness (QED) is 0.863. The molecular formula is C21H26N2O2. The van der Waals surface area contributed by atoms with Gasteiger partial charge in [-0.1, -0.05) is 24.6 Å². The molecule has 25 heavy (non-hydrogen) atoms. The Balaban J connectivity index is 1.50. The number of benzene rings is 1. The van der Waals surface area contributed by atoms with Crippen LogP contribution in [0.25, 0.3) is 10.9 Å². The molecule has 4 heteroatoms. The van der Waals surface area contributed by atoms with E-state index in [9.17, 15) is 4.79 Å². The van der Waals surface area contributed by atoms with E-state index in [-0.39, 0.29) is 11.6 Å². The van der Waals surface area contributed by atoms with Crippen molar-refractivity contribution in [2.75, 3.05) is 6.54 Å². The fourth-order valence-electron chi connectivity index (χ4n) is 4.47. The zero-order valence-electron chi connectivity index (χ0n) is 15.1. The average Bonchev–Trinajstić information content (AvgIpc) is 3.05. The number of aromatic nitrogens is 1. The number of carbonyl (C=O) groups excluding carboxylic acids is 1. The van der Waals surface area contributed by atoms with Gasteiger partial charge < -0.3 is 14.6 Å². The van der Waals surface area contributed by atoms with Crippen LogP contribution in [0.2, 0.25) is 0 Å². The number of fused-ring (bicyclic) bond motifs is 1. The Labute approximate surface area is 148 Å². The van der Waals surface area contributed by atoms with E-state index < -0.39 is 0 Å². The van der Waals surface area contributed by atoms with E-state index in [0.29, 0.717) is 0 Å². The number of nitrogens with one attached hydrogen (secondary N) is 1. The molecule has 1 aliphatic heterocycles. The van der Waals surface area contributed by atoms with Crippen molar-refractivity contribution in [3.05, 3.63) is 47.3 Å². The number of aryl methyl sites for hydroxylation is 1. The Morgan fingerprint density at radius 3 is 2.76 bits per heavy atom. The largest absolute Gasteiger partial charge is 0.449 e. The fourth-order valence-corrected chi connectivity index (χ4v) is 4.47. The first kappa shape index (κ1) is 16.2. The summed E-state index contributed by atoms with van der Waals surface area (Å²) in [6.45, 7) is 3.00. The van der Waals surface area contributed by atoms with Crippen LogP contribution in [0.15, 0.2) is 36.0 Å². The lowest BCUT2D eigenvalue weighted by Crippen LogP contribution is -2.40. The summed E-state index contributed by atoms with van der Waals surface area (Å²) >= 11 is 0. The molecule has 2 aliphatic rings. The van der Waals surface area contributed by atoms with Crippen molar-refractivity contribution in [1.29, 1.82) is 0 Å². The van der Waals surface area contributed by atoms with Gasteiger partial charge in [-0.25, -0.2) is 4.79 Å². The first-order valence-corrected chi connectivity index (χ1v) is 9.33. The third kappa shape index (κ3) is 2.74. The molecule has 0 atom stereocenters. The summed E-state index contributed by atoms with van der Waals surface area (Å²) in [4.78, 5) is 11.9. The van der Waals surface area contributed by atoms with E-state index in [4.69, 9.17) is 4.74 Å². The first-order chi connectivity index (χ1) is 12.1. The third-order valence-corrected chi connectivity index (χ3v) is 5.93.